The van der Waals surface area contributed by atoms with Gasteiger partial charge < -0.3 is 5.21 Å². The topological polar surface area (TPSA) is 75.8 Å². The van der Waals surface area contributed by atoms with Crippen LogP contribution >= 0.6 is 0 Å². The summed E-state index contributed by atoms with van der Waals surface area (Å²) in [7, 11) is 0. The Morgan fingerprint density at radius 1 is 0.850 bits per heavy atom. The van der Waals surface area contributed by atoms with Crippen molar-refractivity contribution in [3.05, 3.63) is 70.9 Å². The summed E-state index contributed by atoms with van der Waals surface area (Å²) < 4.78 is 0. The largest absolute Gasteiger partial charge is 0.691 e. The molecule has 1 aliphatic rings. The molecule has 2 amide bonds. The van der Waals surface area contributed by atoms with Gasteiger partial charge in [-0.25, -0.2) is 9.59 Å². The van der Waals surface area contributed by atoms with E-state index >= 15 is 0 Å². The van der Waals surface area contributed by atoms with Crippen LogP contribution in [0.4, 0.5) is 5.69 Å². The van der Waals surface area contributed by atoms with Crippen molar-refractivity contribution in [1.82, 2.24) is 5.01 Å². The summed E-state index contributed by atoms with van der Waals surface area (Å²) in [5.74, 6) is -1.19. The number of hydrogen-bond acceptors (Lipinski definition) is 4. The van der Waals surface area contributed by atoms with Gasteiger partial charge in [-0.3, -0.25) is 0 Å². The smallest absolute Gasteiger partial charge is 0.370 e. The molecule has 0 N–H and O–H groups in total. The quantitative estimate of drug-likeness (QED) is 0.363. The first-order valence-corrected chi connectivity index (χ1v) is 5.90. The first-order chi connectivity index (χ1) is 9.68. The second-order valence-electron chi connectivity index (χ2n) is 4.17. The molecular weight excluding hydrogens is 258 g/mol. The van der Waals surface area contributed by atoms with Crippen molar-refractivity contribution in [1.29, 1.82) is 0 Å². The van der Waals surface area contributed by atoms with Gasteiger partial charge in [0.25, 0.3) is 0 Å². The number of nitrogens with zero attached hydrogens (tertiary/aromatic N) is 3. The molecule has 0 spiro atoms. The number of amides is 2. The zero-order chi connectivity index (χ0) is 14.1. The van der Waals surface area contributed by atoms with Crippen molar-refractivity contribution in [2.75, 3.05) is 0 Å². The highest BCUT2D eigenvalue weighted by Gasteiger charge is 2.43. The molecule has 0 aliphatic carbocycles. The van der Waals surface area contributed by atoms with Crippen LogP contribution in [0.1, 0.15) is 20.7 Å². The normalized spacial score (nSPS) is 14.6. The highest BCUT2D eigenvalue weighted by atomic mass is 16.5. The van der Waals surface area contributed by atoms with Crippen molar-refractivity contribution in [2.24, 2.45) is 5.22 Å². The van der Waals surface area contributed by atoms with E-state index < -0.39 is 11.8 Å². The molecule has 6 heteroatoms. The highest BCUT2D eigenvalue weighted by molar-refractivity contribution is 6.20. The Labute approximate surface area is 114 Å². The van der Waals surface area contributed by atoms with E-state index in [1.807, 2.05) is 0 Å². The van der Waals surface area contributed by atoms with Crippen LogP contribution < -0.4 is 0 Å². The number of para-hydroxylation sites is 1. The van der Waals surface area contributed by atoms with Gasteiger partial charge >= 0.3 is 11.8 Å². The molecule has 2 aromatic carbocycles. The Balaban J connectivity index is 1.98. The molecule has 1 heterocycles. The van der Waals surface area contributed by atoms with Crippen LogP contribution in [0.25, 0.3) is 0 Å². The van der Waals surface area contributed by atoms with E-state index in [9.17, 15) is 14.8 Å². The van der Waals surface area contributed by atoms with Gasteiger partial charge in [0.15, 0.2) is 5.69 Å². The fourth-order valence-corrected chi connectivity index (χ4v) is 1.95. The van der Waals surface area contributed by atoms with Crippen molar-refractivity contribution in [3.63, 3.8) is 0 Å². The van der Waals surface area contributed by atoms with Gasteiger partial charge in [-0.05, 0) is 29.3 Å². The molecule has 2 aromatic rings. The third-order valence-electron chi connectivity index (χ3n) is 2.92. The van der Waals surface area contributed by atoms with Gasteiger partial charge in [-0.15, -0.1) is 4.86 Å². The summed E-state index contributed by atoms with van der Waals surface area (Å²) in [5, 5.41) is 16.0. The minimum Gasteiger partial charge on any atom is -0.691 e. The van der Waals surface area contributed by atoms with Crippen LogP contribution in [-0.4, -0.2) is 21.7 Å². The van der Waals surface area contributed by atoms with Crippen molar-refractivity contribution >= 4 is 17.5 Å². The van der Waals surface area contributed by atoms with E-state index in [0.29, 0.717) is 5.01 Å². The van der Waals surface area contributed by atoms with Crippen LogP contribution in [0.2, 0.25) is 0 Å². The molecular formula is C14H9N3O3. The predicted molar refractivity (Wildman–Crippen MR) is 69.1 cm³/mol. The monoisotopic (exact) mass is 267 g/mol. The third-order valence-corrected chi connectivity index (χ3v) is 2.92. The average molecular weight is 267 g/mol. The number of hydrogen-bond donors (Lipinski definition) is 0. The van der Waals surface area contributed by atoms with Crippen LogP contribution in [0.5, 0.6) is 0 Å². The summed E-state index contributed by atoms with van der Waals surface area (Å²) in [6.07, 6.45) is 0. The molecule has 0 fully saturated rings. The molecule has 3 rings (SSSR count). The van der Waals surface area contributed by atoms with Crippen LogP contribution in [0, 0.1) is 5.21 Å². The van der Waals surface area contributed by atoms with Gasteiger partial charge in [0.1, 0.15) is 5.22 Å². The Bertz CT molecular complexity index is 690. The van der Waals surface area contributed by atoms with Crippen LogP contribution in [-0.2, 0) is 0 Å². The van der Waals surface area contributed by atoms with E-state index in [1.165, 1.54) is 24.3 Å². The molecule has 0 radical (unpaired) electrons. The number of rotatable bonds is 2. The lowest BCUT2D eigenvalue weighted by Crippen LogP contribution is -2.25. The summed E-state index contributed by atoms with van der Waals surface area (Å²) in [4.78, 5) is 24.3. The van der Waals surface area contributed by atoms with E-state index in [-0.39, 0.29) is 21.7 Å². The van der Waals surface area contributed by atoms with Gasteiger partial charge in [-0.1, -0.05) is 30.3 Å². The second kappa shape index (κ2) is 4.58. The average Bonchev–Trinajstić information content (AvgIpc) is 2.74. The fourth-order valence-electron chi connectivity index (χ4n) is 1.95. The molecule has 0 saturated carbocycles. The Morgan fingerprint density at radius 3 is 1.90 bits per heavy atom. The number of imide groups is 1. The summed E-state index contributed by atoms with van der Waals surface area (Å²) in [5.41, 5.74) is 0.745. The lowest BCUT2D eigenvalue weighted by atomic mass is 10.1. The van der Waals surface area contributed by atoms with E-state index in [2.05, 4.69) is 5.22 Å². The van der Waals surface area contributed by atoms with E-state index in [4.69, 9.17) is 0 Å². The van der Waals surface area contributed by atoms with Gasteiger partial charge in [0.2, 0.25) is 0 Å². The highest BCUT2D eigenvalue weighted by Crippen LogP contribution is 2.23. The molecule has 98 valence electrons. The molecule has 0 bridgehead atoms. The number of fused-ring (bicyclic) bond motifs is 1. The maximum absolute atomic E-state index is 12.0. The standard InChI is InChI=1S/C14H9N3O3/c18-13-11-8-4-5-9-12(11)14(19)16(13)15-17(20)10-6-2-1-3-7-10/h1-9H/b17-15-. The number of carbonyl (C=O) groups excluding carboxylic acids is 2. The first-order valence-electron chi connectivity index (χ1n) is 5.90. The van der Waals surface area contributed by atoms with Crippen molar-refractivity contribution < 1.29 is 14.4 Å². The third kappa shape index (κ3) is 1.83. The number of benzene rings is 2. The molecule has 0 aromatic heterocycles. The summed E-state index contributed by atoms with van der Waals surface area (Å²) in [6, 6.07) is 14.5. The lowest BCUT2D eigenvalue weighted by Gasteiger charge is -2.06. The molecule has 0 atom stereocenters. The zero-order valence-corrected chi connectivity index (χ0v) is 10.3. The van der Waals surface area contributed by atoms with Crippen molar-refractivity contribution in [2.45, 2.75) is 0 Å². The first kappa shape index (κ1) is 12.0. The molecule has 0 saturated heterocycles. The molecule has 1 aliphatic heterocycles. The molecule has 20 heavy (non-hydrogen) atoms. The SMILES string of the molecule is O=C1c2ccccc2C(=O)N1/N=[N+](\[O-])c1ccccc1. The fraction of sp³-hybridized carbons (Fsp3) is 0. The van der Waals surface area contributed by atoms with Crippen molar-refractivity contribution in [3.8, 4) is 0 Å². The van der Waals surface area contributed by atoms with Crippen LogP contribution in [0.3, 0.4) is 0 Å². The Kier molecular flexibility index (Phi) is 2.76. The predicted octanol–water partition coefficient (Wildman–Crippen LogP) is 2.49. The molecule has 6 nitrogen and oxygen atoms in total. The van der Waals surface area contributed by atoms with Gasteiger partial charge in [-0.2, -0.15) is 0 Å². The minimum atomic E-state index is -0.595. The van der Waals surface area contributed by atoms with E-state index in [1.54, 1.807) is 30.3 Å². The lowest BCUT2D eigenvalue weighted by molar-refractivity contribution is -0.455. The Hall–Kier alpha value is -3.02. The minimum absolute atomic E-state index is 0.240. The summed E-state index contributed by atoms with van der Waals surface area (Å²) >= 11 is 0. The maximum Gasteiger partial charge on any atom is 0.370 e. The van der Waals surface area contributed by atoms with Crippen LogP contribution in [0.15, 0.2) is 59.8 Å². The zero-order valence-electron chi connectivity index (χ0n) is 10.3. The van der Waals surface area contributed by atoms with Gasteiger partial charge in [0.05, 0.1) is 11.1 Å². The van der Waals surface area contributed by atoms with Gasteiger partial charge in [0, 0.05) is 0 Å². The second-order valence-corrected chi connectivity index (χ2v) is 4.17. The molecule has 0 unspecified atom stereocenters. The maximum atomic E-state index is 12.0. The van der Waals surface area contributed by atoms with E-state index in [0.717, 1.165) is 0 Å². The summed E-state index contributed by atoms with van der Waals surface area (Å²) in [6.45, 7) is 0. The Morgan fingerprint density at radius 2 is 1.35 bits per heavy atom. The number of carbonyl (C=O) groups is 2.